The van der Waals surface area contributed by atoms with Crippen molar-refractivity contribution in [3.05, 3.63) is 71.3 Å². The van der Waals surface area contributed by atoms with Gasteiger partial charge in [-0.2, -0.15) is 13.2 Å². The van der Waals surface area contributed by atoms with Gasteiger partial charge in [-0.05, 0) is 24.1 Å². The summed E-state index contributed by atoms with van der Waals surface area (Å²) in [4.78, 5) is 12.2. The molecule has 1 nitrogen and oxygen atoms in total. The van der Waals surface area contributed by atoms with Gasteiger partial charge in [0.05, 0.1) is 5.56 Å². The van der Waals surface area contributed by atoms with E-state index in [1.54, 1.807) is 31.2 Å². The molecule has 1 unspecified atom stereocenters. The van der Waals surface area contributed by atoms with E-state index in [9.17, 15) is 18.0 Å². The van der Waals surface area contributed by atoms with E-state index in [4.69, 9.17) is 0 Å². The molecule has 0 amide bonds. The minimum Gasteiger partial charge on any atom is -0.294 e. The largest absolute Gasteiger partial charge is 0.416 e. The van der Waals surface area contributed by atoms with Crippen LogP contribution in [0.5, 0.6) is 0 Å². The number of carbonyl (C=O) groups excluding carboxylic acids is 1. The molecule has 0 saturated carbocycles. The minimum atomic E-state index is -4.33. The molecular formula is C17H15F3O. The van der Waals surface area contributed by atoms with Crippen LogP contribution in [-0.2, 0) is 12.6 Å². The lowest BCUT2D eigenvalue weighted by molar-refractivity contribution is -0.137. The first-order chi connectivity index (χ1) is 9.88. The van der Waals surface area contributed by atoms with Gasteiger partial charge in [-0.1, -0.05) is 49.4 Å². The molecule has 0 fully saturated rings. The van der Waals surface area contributed by atoms with Crippen LogP contribution in [-0.4, -0.2) is 5.78 Å². The number of rotatable bonds is 4. The maximum Gasteiger partial charge on any atom is 0.416 e. The topological polar surface area (TPSA) is 17.1 Å². The molecule has 1 atom stereocenters. The predicted molar refractivity (Wildman–Crippen MR) is 75.1 cm³/mol. The lowest BCUT2D eigenvalue weighted by Crippen LogP contribution is -2.14. The Hall–Kier alpha value is -2.10. The van der Waals surface area contributed by atoms with Gasteiger partial charge in [0.15, 0.2) is 5.78 Å². The predicted octanol–water partition coefficient (Wildman–Crippen LogP) is 4.77. The van der Waals surface area contributed by atoms with Gasteiger partial charge in [-0.3, -0.25) is 4.79 Å². The molecule has 0 saturated heterocycles. The number of benzene rings is 2. The number of hydrogen-bond acceptors (Lipinski definition) is 1. The van der Waals surface area contributed by atoms with E-state index in [-0.39, 0.29) is 11.7 Å². The highest BCUT2D eigenvalue weighted by Crippen LogP contribution is 2.29. The van der Waals surface area contributed by atoms with Gasteiger partial charge in [0.25, 0.3) is 0 Å². The Morgan fingerprint density at radius 1 is 1.00 bits per heavy atom. The van der Waals surface area contributed by atoms with Crippen LogP contribution in [0.4, 0.5) is 13.2 Å². The van der Waals surface area contributed by atoms with E-state index in [1.807, 2.05) is 6.07 Å². The molecule has 110 valence electrons. The first-order valence-electron chi connectivity index (χ1n) is 6.63. The van der Waals surface area contributed by atoms with Crippen LogP contribution in [0.2, 0.25) is 0 Å². The Kier molecular flexibility index (Phi) is 4.46. The van der Waals surface area contributed by atoms with Gasteiger partial charge >= 0.3 is 6.18 Å². The summed E-state index contributed by atoms with van der Waals surface area (Å²) in [7, 11) is 0. The maximum atomic E-state index is 12.5. The summed E-state index contributed by atoms with van der Waals surface area (Å²) in [6.45, 7) is 1.78. The first kappa shape index (κ1) is 15.3. The van der Waals surface area contributed by atoms with E-state index in [0.717, 1.165) is 17.7 Å². The Morgan fingerprint density at radius 2 is 1.57 bits per heavy atom. The highest BCUT2D eigenvalue weighted by atomic mass is 19.4. The van der Waals surface area contributed by atoms with Crippen molar-refractivity contribution in [2.45, 2.75) is 19.5 Å². The van der Waals surface area contributed by atoms with Crippen LogP contribution in [0.15, 0.2) is 54.6 Å². The van der Waals surface area contributed by atoms with Crippen LogP contribution in [0.1, 0.15) is 28.4 Å². The fourth-order valence-electron chi connectivity index (χ4n) is 2.16. The summed E-state index contributed by atoms with van der Waals surface area (Å²) >= 11 is 0. The van der Waals surface area contributed by atoms with E-state index < -0.39 is 11.7 Å². The Morgan fingerprint density at radius 3 is 2.10 bits per heavy atom. The normalized spacial score (nSPS) is 13.0. The van der Waals surface area contributed by atoms with Crippen molar-refractivity contribution in [2.24, 2.45) is 5.92 Å². The van der Waals surface area contributed by atoms with Crippen molar-refractivity contribution in [3.8, 4) is 0 Å². The zero-order valence-corrected chi connectivity index (χ0v) is 11.5. The quantitative estimate of drug-likeness (QED) is 0.742. The van der Waals surface area contributed by atoms with Crippen molar-refractivity contribution >= 4 is 5.78 Å². The van der Waals surface area contributed by atoms with Gasteiger partial charge in [-0.25, -0.2) is 0 Å². The summed E-state index contributed by atoms with van der Waals surface area (Å²) in [5.74, 6) is -0.278. The second kappa shape index (κ2) is 6.12. The number of alkyl halides is 3. The second-order valence-electron chi connectivity index (χ2n) is 5.03. The molecule has 21 heavy (non-hydrogen) atoms. The molecule has 0 N–H and O–H groups in total. The molecule has 2 aromatic carbocycles. The highest BCUT2D eigenvalue weighted by molar-refractivity contribution is 5.97. The second-order valence-corrected chi connectivity index (χ2v) is 5.03. The zero-order valence-electron chi connectivity index (χ0n) is 11.5. The first-order valence-corrected chi connectivity index (χ1v) is 6.63. The molecule has 2 rings (SSSR count). The van der Waals surface area contributed by atoms with Crippen molar-refractivity contribution in [3.63, 3.8) is 0 Å². The lowest BCUT2D eigenvalue weighted by atomic mass is 9.92. The van der Waals surface area contributed by atoms with Crippen LogP contribution >= 0.6 is 0 Å². The molecule has 0 heterocycles. The van der Waals surface area contributed by atoms with Gasteiger partial charge in [0.1, 0.15) is 0 Å². The number of Topliss-reactive ketones (excluding diaryl/α,β-unsaturated/α-hetero) is 1. The molecule has 0 bridgehead atoms. The third-order valence-electron chi connectivity index (χ3n) is 3.33. The SMILES string of the molecule is CC(Cc1ccc(C(F)(F)F)cc1)C(=O)c1ccccc1. The minimum absolute atomic E-state index is 0.00417. The fourth-order valence-corrected chi connectivity index (χ4v) is 2.16. The number of carbonyl (C=O) groups is 1. The van der Waals surface area contributed by atoms with E-state index in [2.05, 4.69) is 0 Å². The molecular weight excluding hydrogens is 277 g/mol. The van der Waals surface area contributed by atoms with Gasteiger partial charge in [-0.15, -0.1) is 0 Å². The smallest absolute Gasteiger partial charge is 0.294 e. The van der Waals surface area contributed by atoms with E-state index in [0.29, 0.717) is 12.0 Å². The van der Waals surface area contributed by atoms with E-state index >= 15 is 0 Å². The number of hydrogen-bond donors (Lipinski definition) is 0. The van der Waals surface area contributed by atoms with Crippen LogP contribution in [0.25, 0.3) is 0 Å². The summed E-state index contributed by atoms with van der Waals surface area (Å²) in [6.07, 6.45) is -3.91. The van der Waals surface area contributed by atoms with Crippen LogP contribution in [0.3, 0.4) is 0 Å². The molecule has 0 aromatic heterocycles. The summed E-state index contributed by atoms with van der Waals surface area (Å²) in [5.41, 5.74) is 0.671. The third-order valence-corrected chi connectivity index (χ3v) is 3.33. The van der Waals surface area contributed by atoms with E-state index in [1.165, 1.54) is 12.1 Å². The average molecular weight is 292 g/mol. The molecule has 2 aromatic rings. The summed E-state index contributed by atoms with van der Waals surface area (Å²) < 4.78 is 37.4. The molecule has 0 aliphatic carbocycles. The Bertz CT molecular complexity index is 600. The standard InChI is InChI=1S/C17H15F3O/c1-12(16(21)14-5-3-2-4-6-14)11-13-7-9-15(10-8-13)17(18,19)20/h2-10,12H,11H2,1H3. The highest BCUT2D eigenvalue weighted by Gasteiger charge is 2.30. The monoisotopic (exact) mass is 292 g/mol. The average Bonchev–Trinajstić information content (AvgIpc) is 2.47. The van der Waals surface area contributed by atoms with Crippen molar-refractivity contribution in [1.29, 1.82) is 0 Å². The number of ketones is 1. The lowest BCUT2D eigenvalue weighted by Gasteiger charge is -2.12. The molecule has 0 aliphatic rings. The molecule has 0 radical (unpaired) electrons. The van der Waals surface area contributed by atoms with Gasteiger partial charge in [0.2, 0.25) is 0 Å². The zero-order chi connectivity index (χ0) is 15.5. The molecule has 0 aliphatic heterocycles. The van der Waals surface area contributed by atoms with Gasteiger partial charge in [0, 0.05) is 11.5 Å². The number of halogens is 3. The Labute approximate surface area is 121 Å². The fraction of sp³-hybridized carbons (Fsp3) is 0.235. The molecule has 0 spiro atoms. The van der Waals surface area contributed by atoms with Gasteiger partial charge < -0.3 is 0 Å². The van der Waals surface area contributed by atoms with Crippen LogP contribution < -0.4 is 0 Å². The van der Waals surface area contributed by atoms with Crippen LogP contribution in [0, 0.1) is 5.92 Å². The summed E-state index contributed by atoms with van der Waals surface area (Å²) in [5, 5.41) is 0. The Balaban J connectivity index is 2.06. The van der Waals surface area contributed by atoms with Crippen molar-refractivity contribution in [1.82, 2.24) is 0 Å². The van der Waals surface area contributed by atoms with Crippen molar-refractivity contribution < 1.29 is 18.0 Å². The third kappa shape index (κ3) is 3.94. The molecule has 4 heteroatoms. The van der Waals surface area contributed by atoms with Crippen molar-refractivity contribution in [2.75, 3.05) is 0 Å². The maximum absolute atomic E-state index is 12.5. The summed E-state index contributed by atoms with van der Waals surface area (Å²) in [6, 6.07) is 13.9.